The van der Waals surface area contributed by atoms with E-state index >= 15 is 0 Å². The summed E-state index contributed by atoms with van der Waals surface area (Å²) in [7, 11) is 0. The number of nitrogens with zero attached hydrogens (tertiary/aromatic N) is 2. The first-order chi connectivity index (χ1) is 12.6. The summed E-state index contributed by atoms with van der Waals surface area (Å²) in [5.41, 5.74) is 4.65. The average molecular weight is 342 g/mol. The van der Waals surface area contributed by atoms with E-state index in [4.69, 9.17) is 5.26 Å². The molecule has 128 valence electrons. The first-order valence-electron chi connectivity index (χ1n) is 8.20. The number of nitrogens with one attached hydrogen (secondary N) is 2. The van der Waals surface area contributed by atoms with E-state index in [-0.39, 0.29) is 5.91 Å². The zero-order valence-corrected chi connectivity index (χ0v) is 14.4. The minimum Gasteiger partial charge on any atom is -0.380 e. The number of benzene rings is 2. The van der Waals surface area contributed by atoms with Crippen LogP contribution >= 0.6 is 0 Å². The lowest BCUT2D eigenvalue weighted by atomic mass is 10.1. The van der Waals surface area contributed by atoms with Crippen LogP contribution in [-0.4, -0.2) is 10.9 Å². The molecular formula is C21H18N4O. The zero-order chi connectivity index (χ0) is 18.4. The van der Waals surface area contributed by atoms with Gasteiger partial charge < -0.3 is 10.6 Å². The average Bonchev–Trinajstić information content (AvgIpc) is 2.68. The number of aromatic nitrogens is 1. The molecule has 0 aliphatic heterocycles. The summed E-state index contributed by atoms with van der Waals surface area (Å²) in [4.78, 5) is 16.5. The molecule has 0 saturated heterocycles. The van der Waals surface area contributed by atoms with E-state index in [1.807, 2.05) is 0 Å². The molecule has 0 spiro atoms. The number of carbonyl (C=O) groups excluding carboxylic acids is 1. The number of anilines is 2. The van der Waals surface area contributed by atoms with Gasteiger partial charge >= 0.3 is 0 Å². The van der Waals surface area contributed by atoms with E-state index in [1.165, 1.54) is 11.8 Å². The van der Waals surface area contributed by atoms with Crippen molar-refractivity contribution < 1.29 is 4.79 Å². The van der Waals surface area contributed by atoms with Crippen molar-refractivity contribution in [3.63, 3.8) is 0 Å². The van der Waals surface area contributed by atoms with Gasteiger partial charge in [-0.1, -0.05) is 35.9 Å². The molecule has 0 atom stereocenters. The van der Waals surface area contributed by atoms with Crippen molar-refractivity contribution in [1.29, 1.82) is 5.26 Å². The molecule has 1 aromatic heterocycles. The summed E-state index contributed by atoms with van der Waals surface area (Å²) in [6.07, 6.45) is 3.20. The maximum atomic E-state index is 12.4. The molecule has 2 aromatic carbocycles. The molecule has 0 aliphatic carbocycles. The molecule has 5 heteroatoms. The Morgan fingerprint density at radius 3 is 2.65 bits per heavy atom. The van der Waals surface area contributed by atoms with Crippen LogP contribution in [0.2, 0.25) is 0 Å². The Morgan fingerprint density at radius 1 is 1.08 bits per heavy atom. The Morgan fingerprint density at radius 2 is 1.88 bits per heavy atom. The number of amides is 1. The summed E-state index contributed by atoms with van der Waals surface area (Å²) in [6, 6.07) is 18.8. The number of hydrogen-bond acceptors (Lipinski definition) is 4. The molecule has 1 heterocycles. The van der Waals surface area contributed by atoms with Gasteiger partial charge in [0.05, 0.1) is 22.9 Å². The third-order valence-electron chi connectivity index (χ3n) is 3.87. The SMILES string of the molecule is Cc1ccc(CNc2cncc(C(=O)Nc3cccc(C#N)c3)c2)cc1. The van der Waals surface area contributed by atoms with Gasteiger partial charge in [-0.3, -0.25) is 9.78 Å². The molecule has 0 saturated carbocycles. The summed E-state index contributed by atoms with van der Waals surface area (Å²) in [5, 5.41) is 15.0. The van der Waals surface area contributed by atoms with Crippen molar-refractivity contribution in [2.45, 2.75) is 13.5 Å². The van der Waals surface area contributed by atoms with E-state index in [2.05, 4.69) is 52.9 Å². The molecule has 0 fully saturated rings. The van der Waals surface area contributed by atoms with Gasteiger partial charge in [0.15, 0.2) is 0 Å². The van der Waals surface area contributed by atoms with E-state index in [1.54, 1.807) is 36.5 Å². The topological polar surface area (TPSA) is 77.8 Å². The van der Waals surface area contributed by atoms with Gasteiger partial charge in [-0.05, 0) is 36.8 Å². The molecular weight excluding hydrogens is 324 g/mol. The maximum absolute atomic E-state index is 12.4. The Balaban J connectivity index is 1.67. The summed E-state index contributed by atoms with van der Waals surface area (Å²) >= 11 is 0. The normalized spacial score (nSPS) is 10.0. The van der Waals surface area contributed by atoms with Gasteiger partial charge in [-0.2, -0.15) is 5.26 Å². The van der Waals surface area contributed by atoms with Crippen molar-refractivity contribution >= 4 is 17.3 Å². The van der Waals surface area contributed by atoms with Crippen LogP contribution in [0.3, 0.4) is 0 Å². The fourth-order valence-corrected chi connectivity index (χ4v) is 2.44. The van der Waals surface area contributed by atoms with Gasteiger partial charge in [-0.25, -0.2) is 0 Å². The van der Waals surface area contributed by atoms with Crippen LogP contribution in [-0.2, 0) is 6.54 Å². The Kier molecular flexibility index (Phi) is 5.25. The second-order valence-electron chi connectivity index (χ2n) is 5.95. The first kappa shape index (κ1) is 17.2. The molecule has 5 nitrogen and oxygen atoms in total. The minimum atomic E-state index is -0.272. The van der Waals surface area contributed by atoms with Crippen LogP contribution in [0.4, 0.5) is 11.4 Å². The molecule has 3 rings (SSSR count). The van der Waals surface area contributed by atoms with Crippen LogP contribution < -0.4 is 10.6 Å². The first-order valence-corrected chi connectivity index (χ1v) is 8.20. The lowest BCUT2D eigenvalue weighted by molar-refractivity contribution is 0.102. The standard InChI is InChI=1S/C21H18N4O/c1-15-5-7-16(8-6-15)12-24-20-10-18(13-23-14-20)21(26)25-19-4-2-3-17(9-19)11-22/h2-10,13-14,24H,12H2,1H3,(H,25,26). The van der Waals surface area contributed by atoms with Crippen LogP contribution in [0.1, 0.15) is 27.0 Å². The summed E-state index contributed by atoms with van der Waals surface area (Å²) in [5.74, 6) is -0.272. The smallest absolute Gasteiger partial charge is 0.257 e. The maximum Gasteiger partial charge on any atom is 0.257 e. The predicted octanol–water partition coefficient (Wildman–Crippen LogP) is 4.13. The highest BCUT2D eigenvalue weighted by Crippen LogP contribution is 2.14. The van der Waals surface area contributed by atoms with Gasteiger partial charge in [-0.15, -0.1) is 0 Å². The fraction of sp³-hybridized carbons (Fsp3) is 0.0952. The second kappa shape index (κ2) is 7.95. The third-order valence-corrected chi connectivity index (χ3v) is 3.87. The van der Waals surface area contributed by atoms with Gasteiger partial charge in [0.25, 0.3) is 5.91 Å². The number of rotatable bonds is 5. The molecule has 0 unspecified atom stereocenters. The molecule has 26 heavy (non-hydrogen) atoms. The number of nitriles is 1. The number of carbonyl (C=O) groups is 1. The molecule has 2 N–H and O–H groups in total. The van der Waals surface area contributed by atoms with Gasteiger partial charge in [0.1, 0.15) is 0 Å². The van der Waals surface area contributed by atoms with Crippen LogP contribution in [0.15, 0.2) is 67.0 Å². The lowest BCUT2D eigenvalue weighted by Crippen LogP contribution is -2.13. The van der Waals surface area contributed by atoms with Crippen LogP contribution in [0.5, 0.6) is 0 Å². The van der Waals surface area contributed by atoms with Gasteiger partial charge in [0.2, 0.25) is 0 Å². The number of pyridine rings is 1. The van der Waals surface area contributed by atoms with Crippen LogP contribution in [0, 0.1) is 18.3 Å². The molecule has 0 bridgehead atoms. The highest BCUT2D eigenvalue weighted by molar-refractivity contribution is 6.04. The van der Waals surface area contributed by atoms with Crippen molar-refractivity contribution in [2.24, 2.45) is 0 Å². The van der Waals surface area contributed by atoms with Crippen LogP contribution in [0.25, 0.3) is 0 Å². The van der Waals surface area contributed by atoms with E-state index in [0.29, 0.717) is 23.4 Å². The number of aryl methyl sites for hydroxylation is 1. The lowest BCUT2D eigenvalue weighted by Gasteiger charge is -2.09. The fourth-order valence-electron chi connectivity index (χ4n) is 2.44. The molecule has 1 amide bonds. The predicted molar refractivity (Wildman–Crippen MR) is 102 cm³/mol. The monoisotopic (exact) mass is 342 g/mol. The third kappa shape index (κ3) is 4.46. The second-order valence-corrected chi connectivity index (χ2v) is 5.95. The van der Waals surface area contributed by atoms with Crippen molar-refractivity contribution in [2.75, 3.05) is 10.6 Å². The Bertz CT molecular complexity index is 958. The van der Waals surface area contributed by atoms with E-state index in [9.17, 15) is 4.79 Å². The number of hydrogen-bond donors (Lipinski definition) is 2. The van der Waals surface area contributed by atoms with Gasteiger partial charge in [0, 0.05) is 24.6 Å². The highest BCUT2D eigenvalue weighted by Gasteiger charge is 2.08. The Hall–Kier alpha value is -3.65. The van der Waals surface area contributed by atoms with E-state index in [0.717, 1.165) is 11.3 Å². The Labute approximate surface area is 152 Å². The molecule has 0 aliphatic rings. The van der Waals surface area contributed by atoms with Crippen molar-refractivity contribution in [3.8, 4) is 6.07 Å². The summed E-state index contributed by atoms with van der Waals surface area (Å²) < 4.78 is 0. The molecule has 0 radical (unpaired) electrons. The minimum absolute atomic E-state index is 0.272. The summed E-state index contributed by atoms with van der Waals surface area (Å²) in [6.45, 7) is 2.70. The largest absolute Gasteiger partial charge is 0.380 e. The van der Waals surface area contributed by atoms with Crippen molar-refractivity contribution in [1.82, 2.24) is 4.98 Å². The zero-order valence-electron chi connectivity index (χ0n) is 14.4. The highest BCUT2D eigenvalue weighted by atomic mass is 16.1. The quantitative estimate of drug-likeness (QED) is 0.731. The van der Waals surface area contributed by atoms with Crippen molar-refractivity contribution in [3.05, 3.63) is 89.2 Å². The molecule has 3 aromatic rings. The van der Waals surface area contributed by atoms with E-state index < -0.39 is 0 Å².